The van der Waals surface area contributed by atoms with Gasteiger partial charge in [-0.25, -0.2) is 13.1 Å². The number of amides is 1. The van der Waals surface area contributed by atoms with Crippen LogP contribution < -0.4 is 24.2 Å². The van der Waals surface area contributed by atoms with Crippen LogP contribution in [0.2, 0.25) is 0 Å². The normalized spacial score (nSPS) is 18.2. The van der Waals surface area contributed by atoms with Crippen LogP contribution in [0.4, 0.5) is 5.69 Å². The van der Waals surface area contributed by atoms with Gasteiger partial charge in [-0.2, -0.15) is 0 Å². The molecule has 130 valence electrons. The molecule has 0 saturated heterocycles. The van der Waals surface area contributed by atoms with Crippen molar-refractivity contribution in [3.8, 4) is 17.2 Å². The number of fused-ring (bicyclic) bond motifs is 2. The van der Waals surface area contributed by atoms with E-state index < -0.39 is 22.0 Å². The molecule has 25 heavy (non-hydrogen) atoms. The summed E-state index contributed by atoms with van der Waals surface area (Å²) in [7, 11) is -3.83. The molecule has 4 rings (SSSR count). The number of hydrogen-bond acceptors (Lipinski definition) is 6. The van der Waals surface area contributed by atoms with Gasteiger partial charge >= 0.3 is 0 Å². The van der Waals surface area contributed by atoms with E-state index in [2.05, 4.69) is 10.0 Å². The number of carbonyl (C=O) groups is 1. The van der Waals surface area contributed by atoms with E-state index in [1.807, 2.05) is 0 Å². The van der Waals surface area contributed by atoms with Crippen molar-refractivity contribution in [1.82, 2.24) is 4.72 Å². The molecule has 2 aliphatic rings. The molecular weight excluding hydrogens is 348 g/mol. The lowest BCUT2D eigenvalue weighted by atomic mass is 10.2. The second-order valence-electron chi connectivity index (χ2n) is 5.46. The van der Waals surface area contributed by atoms with Gasteiger partial charge in [-0.15, -0.1) is 0 Å². The predicted molar refractivity (Wildman–Crippen MR) is 87.2 cm³/mol. The van der Waals surface area contributed by atoms with E-state index in [0.29, 0.717) is 22.9 Å². The van der Waals surface area contributed by atoms with E-state index in [4.69, 9.17) is 14.2 Å². The fourth-order valence-corrected chi connectivity index (χ4v) is 3.59. The van der Waals surface area contributed by atoms with Crippen LogP contribution in [0.25, 0.3) is 0 Å². The summed E-state index contributed by atoms with van der Waals surface area (Å²) in [5.74, 6) is 0.940. The Kier molecular flexibility index (Phi) is 3.74. The predicted octanol–water partition coefficient (Wildman–Crippen LogP) is 1.09. The minimum Gasteiger partial charge on any atom is -0.477 e. The summed E-state index contributed by atoms with van der Waals surface area (Å²) in [5, 5.41) is 2.68. The SMILES string of the molecule is O=C1Nc2ccccc2OC1CNS(=O)(=O)c1ccc2c(c1)OCO2. The third kappa shape index (κ3) is 2.99. The zero-order chi connectivity index (χ0) is 17.4. The van der Waals surface area contributed by atoms with Crippen molar-refractivity contribution >= 4 is 21.6 Å². The summed E-state index contributed by atoms with van der Waals surface area (Å²) < 4.78 is 43.2. The van der Waals surface area contributed by atoms with Gasteiger partial charge in [-0.3, -0.25) is 4.79 Å². The zero-order valence-electron chi connectivity index (χ0n) is 12.9. The van der Waals surface area contributed by atoms with E-state index in [9.17, 15) is 13.2 Å². The molecule has 0 saturated carbocycles. The molecule has 9 heteroatoms. The molecule has 8 nitrogen and oxygen atoms in total. The van der Waals surface area contributed by atoms with Crippen molar-refractivity contribution in [2.45, 2.75) is 11.0 Å². The van der Waals surface area contributed by atoms with Crippen molar-refractivity contribution in [1.29, 1.82) is 0 Å². The van der Waals surface area contributed by atoms with Crippen LogP contribution in [0.15, 0.2) is 47.4 Å². The molecular formula is C16H14N2O6S. The highest BCUT2D eigenvalue weighted by atomic mass is 32.2. The van der Waals surface area contributed by atoms with Gasteiger partial charge in [0.1, 0.15) is 5.75 Å². The van der Waals surface area contributed by atoms with Crippen LogP contribution in [0.3, 0.4) is 0 Å². The van der Waals surface area contributed by atoms with Gasteiger partial charge in [0.25, 0.3) is 5.91 Å². The molecule has 2 aromatic carbocycles. The van der Waals surface area contributed by atoms with Gasteiger partial charge in [0.05, 0.1) is 17.1 Å². The monoisotopic (exact) mass is 362 g/mol. The Bertz CT molecular complexity index is 943. The van der Waals surface area contributed by atoms with Gasteiger partial charge in [0.2, 0.25) is 16.8 Å². The van der Waals surface area contributed by atoms with Gasteiger partial charge < -0.3 is 19.5 Å². The molecule has 2 heterocycles. The Balaban J connectivity index is 1.48. The molecule has 2 aromatic rings. The first-order chi connectivity index (χ1) is 12.0. The fourth-order valence-electron chi connectivity index (χ4n) is 2.54. The molecule has 0 aliphatic carbocycles. The summed E-state index contributed by atoms with van der Waals surface area (Å²) >= 11 is 0. The van der Waals surface area contributed by atoms with Crippen molar-refractivity contribution in [3.05, 3.63) is 42.5 Å². The summed E-state index contributed by atoms with van der Waals surface area (Å²) in [4.78, 5) is 12.1. The highest BCUT2D eigenvalue weighted by Gasteiger charge is 2.29. The summed E-state index contributed by atoms with van der Waals surface area (Å²) in [6.45, 7) is -0.140. The van der Waals surface area contributed by atoms with E-state index in [1.165, 1.54) is 18.2 Å². The second-order valence-corrected chi connectivity index (χ2v) is 7.23. The number of anilines is 1. The molecule has 0 spiro atoms. The number of ether oxygens (including phenoxy) is 3. The van der Waals surface area contributed by atoms with Gasteiger partial charge in [0, 0.05) is 6.07 Å². The van der Waals surface area contributed by atoms with Crippen molar-refractivity contribution in [3.63, 3.8) is 0 Å². The Morgan fingerprint density at radius 2 is 1.88 bits per heavy atom. The molecule has 0 aromatic heterocycles. The average molecular weight is 362 g/mol. The molecule has 0 bridgehead atoms. The lowest BCUT2D eigenvalue weighted by Gasteiger charge is -2.25. The standard InChI is InChI=1S/C16H14N2O6S/c19-16-15(24-12-4-2-1-3-11(12)18-16)8-17-25(20,21)10-5-6-13-14(7-10)23-9-22-13/h1-7,15,17H,8-9H2,(H,18,19). The van der Waals surface area contributed by atoms with Crippen LogP contribution in [0.1, 0.15) is 0 Å². The lowest BCUT2D eigenvalue weighted by Crippen LogP contribution is -2.45. The average Bonchev–Trinajstić information content (AvgIpc) is 3.07. The van der Waals surface area contributed by atoms with E-state index >= 15 is 0 Å². The van der Waals surface area contributed by atoms with Gasteiger partial charge in [-0.1, -0.05) is 12.1 Å². The highest BCUT2D eigenvalue weighted by Crippen LogP contribution is 2.34. The quantitative estimate of drug-likeness (QED) is 0.844. The van der Waals surface area contributed by atoms with Crippen molar-refractivity contribution in [2.24, 2.45) is 0 Å². The number of sulfonamides is 1. The molecule has 1 amide bonds. The minimum absolute atomic E-state index is 0.0216. The number of benzene rings is 2. The first-order valence-electron chi connectivity index (χ1n) is 7.49. The third-order valence-electron chi connectivity index (χ3n) is 3.82. The molecule has 2 aliphatic heterocycles. The Hall–Kier alpha value is -2.78. The van der Waals surface area contributed by atoms with Crippen LogP contribution >= 0.6 is 0 Å². The topological polar surface area (TPSA) is 103 Å². The number of para-hydroxylation sites is 2. The number of rotatable bonds is 4. The minimum atomic E-state index is -3.83. The molecule has 2 N–H and O–H groups in total. The number of hydrogen-bond donors (Lipinski definition) is 2. The summed E-state index contributed by atoms with van der Waals surface area (Å²) in [6, 6.07) is 11.3. The molecule has 0 radical (unpaired) electrons. The summed E-state index contributed by atoms with van der Waals surface area (Å²) in [6.07, 6.45) is -0.960. The maximum atomic E-state index is 12.4. The molecule has 0 fully saturated rings. The van der Waals surface area contributed by atoms with Crippen LogP contribution in [-0.4, -0.2) is 33.8 Å². The van der Waals surface area contributed by atoms with Crippen LogP contribution in [0, 0.1) is 0 Å². The van der Waals surface area contributed by atoms with Crippen molar-refractivity contribution in [2.75, 3.05) is 18.7 Å². The summed E-state index contributed by atoms with van der Waals surface area (Å²) in [5.41, 5.74) is 0.558. The second kappa shape index (κ2) is 5.94. The Morgan fingerprint density at radius 1 is 1.08 bits per heavy atom. The Labute approximate surface area is 143 Å². The van der Waals surface area contributed by atoms with Crippen LogP contribution in [-0.2, 0) is 14.8 Å². The number of nitrogens with one attached hydrogen (secondary N) is 2. The first-order valence-corrected chi connectivity index (χ1v) is 8.97. The van der Waals surface area contributed by atoms with E-state index in [0.717, 1.165) is 0 Å². The van der Waals surface area contributed by atoms with E-state index in [-0.39, 0.29) is 18.2 Å². The Morgan fingerprint density at radius 3 is 2.76 bits per heavy atom. The first kappa shape index (κ1) is 15.7. The third-order valence-corrected chi connectivity index (χ3v) is 5.24. The van der Waals surface area contributed by atoms with Crippen LogP contribution in [0.5, 0.6) is 17.2 Å². The zero-order valence-corrected chi connectivity index (χ0v) is 13.7. The maximum absolute atomic E-state index is 12.4. The maximum Gasteiger partial charge on any atom is 0.266 e. The van der Waals surface area contributed by atoms with Gasteiger partial charge in [-0.05, 0) is 24.3 Å². The smallest absolute Gasteiger partial charge is 0.266 e. The number of carbonyl (C=O) groups excluding carboxylic acids is 1. The largest absolute Gasteiger partial charge is 0.477 e. The lowest BCUT2D eigenvalue weighted by molar-refractivity contribution is -0.123. The van der Waals surface area contributed by atoms with Gasteiger partial charge in [0.15, 0.2) is 17.6 Å². The van der Waals surface area contributed by atoms with Crippen molar-refractivity contribution < 1.29 is 27.4 Å². The van der Waals surface area contributed by atoms with E-state index in [1.54, 1.807) is 24.3 Å². The molecule has 1 unspecified atom stereocenters. The molecule has 1 atom stereocenters. The highest BCUT2D eigenvalue weighted by molar-refractivity contribution is 7.89. The fraction of sp³-hybridized carbons (Fsp3) is 0.188.